The number of carboxylic acids is 1. The molecule has 2 bridgehead atoms. The Bertz CT molecular complexity index is 438. The Morgan fingerprint density at radius 2 is 2.24 bits per heavy atom. The molecule has 0 atom stereocenters. The van der Waals surface area contributed by atoms with Crippen LogP contribution in [0.1, 0.15) is 28.8 Å². The highest BCUT2D eigenvalue weighted by Gasteiger charge is 2.41. The molecule has 1 aliphatic carbocycles. The van der Waals surface area contributed by atoms with Gasteiger partial charge < -0.3 is 5.11 Å². The topological polar surface area (TPSA) is 40.5 Å². The van der Waals surface area contributed by atoms with Crippen LogP contribution in [0.25, 0.3) is 0 Å². The molecule has 3 nitrogen and oxygen atoms in total. The lowest BCUT2D eigenvalue weighted by atomic mass is 9.86. The number of hydrogen-bond donors (Lipinski definition) is 1. The molecule has 1 aromatic rings. The molecule has 1 aromatic carbocycles. The monoisotopic (exact) mass is 231 g/mol. The first-order valence-corrected chi connectivity index (χ1v) is 6.28. The zero-order valence-corrected chi connectivity index (χ0v) is 9.80. The van der Waals surface area contributed by atoms with Crippen molar-refractivity contribution >= 4 is 5.97 Å². The second-order valence-corrected chi connectivity index (χ2v) is 5.24. The standard InChI is InChI=1S/C14H17NO2/c16-14(17)12-3-1-2-10(6-12)4-5-15-9-11-7-13(15)8-11/h1-3,6,11,13H,4-5,7-9H2,(H,16,17). The molecule has 17 heavy (non-hydrogen) atoms. The zero-order chi connectivity index (χ0) is 11.8. The van der Waals surface area contributed by atoms with E-state index in [1.54, 1.807) is 12.1 Å². The normalized spacial score (nSPS) is 26.8. The summed E-state index contributed by atoms with van der Waals surface area (Å²) < 4.78 is 0. The molecular formula is C14H17NO2. The minimum atomic E-state index is -0.838. The first-order chi connectivity index (χ1) is 8.22. The van der Waals surface area contributed by atoms with Gasteiger partial charge in [0.2, 0.25) is 0 Å². The van der Waals surface area contributed by atoms with E-state index < -0.39 is 5.97 Å². The lowest BCUT2D eigenvalue weighted by Gasteiger charge is -2.25. The van der Waals surface area contributed by atoms with E-state index in [-0.39, 0.29) is 0 Å². The predicted octanol–water partition coefficient (Wildman–Crippen LogP) is 2.02. The van der Waals surface area contributed by atoms with Crippen molar-refractivity contribution in [2.75, 3.05) is 13.1 Å². The van der Waals surface area contributed by atoms with E-state index in [9.17, 15) is 4.79 Å². The van der Waals surface area contributed by atoms with Gasteiger partial charge in [-0.2, -0.15) is 0 Å². The van der Waals surface area contributed by atoms with Crippen LogP contribution < -0.4 is 0 Å². The van der Waals surface area contributed by atoms with Gasteiger partial charge in [0.05, 0.1) is 5.56 Å². The van der Waals surface area contributed by atoms with Gasteiger partial charge in [0.15, 0.2) is 0 Å². The lowest BCUT2D eigenvalue weighted by Crippen LogP contribution is -2.30. The summed E-state index contributed by atoms with van der Waals surface area (Å²) in [6, 6.07) is 8.12. The number of benzene rings is 1. The van der Waals surface area contributed by atoms with E-state index in [1.165, 1.54) is 19.4 Å². The largest absolute Gasteiger partial charge is 0.478 e. The zero-order valence-electron chi connectivity index (χ0n) is 9.80. The Morgan fingerprint density at radius 3 is 2.88 bits per heavy atom. The fourth-order valence-electron chi connectivity index (χ4n) is 3.03. The molecule has 0 radical (unpaired) electrons. The van der Waals surface area contributed by atoms with Crippen molar-refractivity contribution in [3.63, 3.8) is 0 Å². The quantitative estimate of drug-likeness (QED) is 0.862. The third kappa shape index (κ3) is 2.07. The molecule has 2 heterocycles. The van der Waals surface area contributed by atoms with Gasteiger partial charge in [-0.05, 0) is 42.9 Å². The molecule has 0 spiro atoms. The minimum absolute atomic E-state index is 0.397. The van der Waals surface area contributed by atoms with Crippen molar-refractivity contribution in [3.8, 4) is 0 Å². The molecule has 4 rings (SSSR count). The highest BCUT2D eigenvalue weighted by molar-refractivity contribution is 5.87. The van der Waals surface area contributed by atoms with Crippen LogP contribution in [0.5, 0.6) is 0 Å². The highest BCUT2D eigenvalue weighted by atomic mass is 16.4. The number of carboxylic acid groups (broad SMARTS) is 1. The molecule has 1 N–H and O–H groups in total. The molecule has 2 saturated heterocycles. The SMILES string of the molecule is O=C(O)c1cccc(CCN2CC3CC2C3)c1. The molecule has 3 aliphatic rings. The van der Waals surface area contributed by atoms with E-state index in [4.69, 9.17) is 5.11 Å². The van der Waals surface area contributed by atoms with E-state index in [0.717, 1.165) is 30.5 Å². The Balaban J connectivity index is 1.61. The fourth-order valence-corrected chi connectivity index (χ4v) is 3.03. The first kappa shape index (κ1) is 10.8. The molecule has 1 saturated carbocycles. The van der Waals surface area contributed by atoms with Gasteiger partial charge in [0.25, 0.3) is 0 Å². The predicted molar refractivity (Wildman–Crippen MR) is 65.2 cm³/mol. The van der Waals surface area contributed by atoms with Crippen LogP contribution in [0.3, 0.4) is 0 Å². The molecule has 3 heteroatoms. The number of nitrogens with zero attached hydrogens (tertiary/aromatic N) is 1. The lowest BCUT2D eigenvalue weighted by molar-refractivity contribution is 0.0696. The van der Waals surface area contributed by atoms with E-state index in [2.05, 4.69) is 4.90 Å². The Morgan fingerprint density at radius 1 is 1.41 bits per heavy atom. The highest BCUT2D eigenvalue weighted by Crippen LogP contribution is 2.40. The van der Waals surface area contributed by atoms with E-state index in [0.29, 0.717) is 5.56 Å². The minimum Gasteiger partial charge on any atom is -0.478 e. The van der Waals surface area contributed by atoms with Gasteiger partial charge in [-0.3, -0.25) is 4.90 Å². The summed E-state index contributed by atoms with van der Waals surface area (Å²) in [4.78, 5) is 13.4. The Hall–Kier alpha value is -1.35. The first-order valence-electron chi connectivity index (χ1n) is 6.28. The number of rotatable bonds is 4. The molecule has 0 unspecified atom stereocenters. The number of aromatic carboxylic acids is 1. The summed E-state index contributed by atoms with van der Waals surface area (Å²) in [5.41, 5.74) is 1.53. The van der Waals surface area contributed by atoms with Gasteiger partial charge in [-0.15, -0.1) is 0 Å². The maximum Gasteiger partial charge on any atom is 0.335 e. The van der Waals surface area contributed by atoms with Crippen LogP contribution in [0.2, 0.25) is 0 Å². The average molecular weight is 231 g/mol. The van der Waals surface area contributed by atoms with Crippen molar-refractivity contribution in [2.24, 2.45) is 5.92 Å². The van der Waals surface area contributed by atoms with E-state index in [1.807, 2.05) is 12.1 Å². The summed E-state index contributed by atoms with van der Waals surface area (Å²) in [6.45, 7) is 2.33. The fraction of sp³-hybridized carbons (Fsp3) is 0.500. The molecule has 0 amide bonds. The number of hydrogen-bond acceptors (Lipinski definition) is 2. The third-order valence-corrected chi connectivity index (χ3v) is 4.08. The second kappa shape index (κ2) is 4.15. The van der Waals surface area contributed by atoms with Crippen molar-refractivity contribution in [2.45, 2.75) is 25.3 Å². The maximum atomic E-state index is 10.9. The van der Waals surface area contributed by atoms with Crippen LogP contribution in [-0.4, -0.2) is 35.1 Å². The molecule has 0 aromatic heterocycles. The smallest absolute Gasteiger partial charge is 0.335 e. The van der Waals surface area contributed by atoms with Crippen LogP contribution >= 0.6 is 0 Å². The van der Waals surface area contributed by atoms with Crippen molar-refractivity contribution in [1.29, 1.82) is 0 Å². The Kier molecular flexibility index (Phi) is 2.63. The summed E-state index contributed by atoms with van der Waals surface area (Å²) in [5, 5.41) is 8.93. The van der Waals surface area contributed by atoms with Crippen molar-refractivity contribution < 1.29 is 9.90 Å². The van der Waals surface area contributed by atoms with Crippen LogP contribution in [0, 0.1) is 5.92 Å². The van der Waals surface area contributed by atoms with Crippen LogP contribution in [-0.2, 0) is 6.42 Å². The molecule has 3 fully saturated rings. The van der Waals surface area contributed by atoms with E-state index >= 15 is 0 Å². The van der Waals surface area contributed by atoms with Gasteiger partial charge in [-0.1, -0.05) is 12.1 Å². The molecular weight excluding hydrogens is 214 g/mol. The van der Waals surface area contributed by atoms with Gasteiger partial charge >= 0.3 is 5.97 Å². The molecule has 90 valence electrons. The van der Waals surface area contributed by atoms with Crippen molar-refractivity contribution in [3.05, 3.63) is 35.4 Å². The summed E-state index contributed by atoms with van der Waals surface area (Å²) in [7, 11) is 0. The number of fused-ring (bicyclic) bond motifs is 1. The summed E-state index contributed by atoms with van der Waals surface area (Å²) >= 11 is 0. The van der Waals surface area contributed by atoms with Gasteiger partial charge in [0.1, 0.15) is 0 Å². The Labute approximate surface area is 101 Å². The summed E-state index contributed by atoms with van der Waals surface area (Å²) in [5.74, 6) is 0.112. The third-order valence-electron chi connectivity index (χ3n) is 4.08. The molecule has 2 aliphatic heterocycles. The van der Waals surface area contributed by atoms with Crippen molar-refractivity contribution in [1.82, 2.24) is 4.90 Å². The second-order valence-electron chi connectivity index (χ2n) is 5.24. The van der Waals surface area contributed by atoms with Crippen LogP contribution in [0.4, 0.5) is 0 Å². The summed E-state index contributed by atoms with van der Waals surface area (Å²) in [6.07, 6.45) is 3.73. The average Bonchev–Trinajstić information content (AvgIpc) is 2.85. The van der Waals surface area contributed by atoms with Crippen LogP contribution in [0.15, 0.2) is 24.3 Å². The van der Waals surface area contributed by atoms with Gasteiger partial charge in [0, 0.05) is 19.1 Å². The number of carbonyl (C=O) groups is 1. The maximum absolute atomic E-state index is 10.9. The van der Waals surface area contributed by atoms with Gasteiger partial charge in [-0.25, -0.2) is 4.79 Å².